The summed E-state index contributed by atoms with van der Waals surface area (Å²) >= 11 is 6.50. The van der Waals surface area contributed by atoms with Crippen LogP contribution in [-0.4, -0.2) is 113 Å². The zero-order valence-electron chi connectivity index (χ0n) is 44.8. The van der Waals surface area contributed by atoms with E-state index >= 15 is 0 Å². The van der Waals surface area contributed by atoms with Crippen molar-refractivity contribution in [1.82, 2.24) is 54.2 Å². The molecule has 0 radical (unpaired) electrons. The fourth-order valence-corrected chi connectivity index (χ4v) is 7.80. The van der Waals surface area contributed by atoms with Gasteiger partial charge in [-0.05, 0) is 123 Å². The van der Waals surface area contributed by atoms with Crippen LogP contribution in [0.5, 0.6) is 0 Å². The second kappa shape index (κ2) is 30.5. The van der Waals surface area contributed by atoms with Crippen LogP contribution in [0.3, 0.4) is 0 Å². The van der Waals surface area contributed by atoms with Gasteiger partial charge in [0, 0.05) is 43.1 Å². The van der Waals surface area contributed by atoms with E-state index in [-0.39, 0.29) is 64.3 Å². The van der Waals surface area contributed by atoms with Crippen LogP contribution in [0.2, 0.25) is 0 Å². The summed E-state index contributed by atoms with van der Waals surface area (Å²) in [5.74, 6) is -5.05. The molecule has 430 valence electrons. The lowest BCUT2D eigenvalue weighted by atomic mass is 10.1. The van der Waals surface area contributed by atoms with Gasteiger partial charge in [0.05, 0.1) is 102 Å². The molecule has 1 aliphatic rings. The molecule has 0 saturated carbocycles. The van der Waals surface area contributed by atoms with E-state index in [0.717, 1.165) is 44.4 Å². The summed E-state index contributed by atoms with van der Waals surface area (Å²) in [6.45, 7) is 7.17. The first kappa shape index (κ1) is 62.8. The Kier molecular flexibility index (Phi) is 23.1. The number of carbonyl (C=O) groups is 5. The Hall–Kier alpha value is -9.36. The van der Waals surface area contributed by atoms with Crippen LogP contribution in [-0.2, 0) is 50.1 Å². The number of nitrogens with one attached hydrogen (secondary N) is 1. The maximum Gasteiger partial charge on any atom is 0.378 e. The topological polar surface area (TPSA) is 238 Å². The molecule has 83 heavy (non-hydrogen) atoms. The first-order valence-electron chi connectivity index (χ1n) is 24.8. The van der Waals surface area contributed by atoms with E-state index in [2.05, 4.69) is 67.2 Å². The molecule has 0 atom stereocenters. The first-order valence-corrected chi connectivity index (χ1v) is 26.4. The monoisotopic (exact) mass is 1270 g/mol. The number of aliphatic hydroxyl groups excluding tert-OH is 2. The second-order valence-corrected chi connectivity index (χ2v) is 20.0. The van der Waals surface area contributed by atoms with Crippen molar-refractivity contribution in [1.29, 1.82) is 0 Å². The predicted molar refractivity (Wildman–Crippen MR) is 304 cm³/mol. The number of aliphatic hydroxyl groups is 2. The van der Waals surface area contributed by atoms with Gasteiger partial charge < -0.3 is 19.8 Å². The number of H-pyrrole nitrogens is 1. The fourth-order valence-electron chi connectivity index (χ4n) is 7.27. The minimum absolute atomic E-state index is 0.00893. The lowest BCUT2D eigenvalue weighted by Crippen LogP contribution is -2.33. The number of nitrogens with zero attached hydrogens (tertiary/aromatic N) is 10. The van der Waals surface area contributed by atoms with Gasteiger partial charge >= 0.3 is 5.97 Å². The number of likely N-dealkylation sites (tertiary alicyclic amines) is 1. The maximum atomic E-state index is 12.9. The standard InChI is InChI=1S/C18H18FN3O3.C15H13FN2O4.C12H11FN2O.C10H8BrFN2.C3H3BrN2/c1-11(2)22-10-15(17(24)18(22)25)16(23)13-7-20-21(9-13)8-12-3-5-14(19)6-4-12;1-22-15(21)14(20)6-13(19)11-7-17-18(9-11)8-10-2-4-12(16)5-3-10;1-9(16)11-6-14-15(8-11)7-10-2-4-12(13)5-3-10;11-9-5-13-14(7-9)6-8-1-3-10(12)4-2-8;4-3-1-5-6-2-3/h3-7,9,11,23H,8,10H2,1-2H3;2-7,9,19H,8H2,1H3;2-6,8H,7H2,1H3;1-5,7H,6H2;1-2H,(H,5,6). The zero-order chi connectivity index (χ0) is 60.2. The number of hydrogen-bond acceptors (Lipinski definition) is 13. The van der Waals surface area contributed by atoms with Crippen LogP contribution >= 0.6 is 31.9 Å². The van der Waals surface area contributed by atoms with Gasteiger partial charge in [-0.3, -0.25) is 43.0 Å². The van der Waals surface area contributed by atoms with Crippen molar-refractivity contribution in [3.05, 3.63) is 242 Å². The Morgan fingerprint density at radius 1 is 0.602 bits per heavy atom. The van der Waals surface area contributed by atoms with Crippen molar-refractivity contribution in [2.45, 2.75) is 53.0 Å². The zero-order valence-corrected chi connectivity index (χ0v) is 48.0. The number of hydrogen-bond donors (Lipinski definition) is 3. The van der Waals surface area contributed by atoms with Crippen molar-refractivity contribution in [2.75, 3.05) is 13.7 Å². The fraction of sp³-hybridized carbons (Fsp3) is 0.172. The van der Waals surface area contributed by atoms with E-state index in [9.17, 15) is 51.7 Å². The van der Waals surface area contributed by atoms with Crippen molar-refractivity contribution in [2.24, 2.45) is 0 Å². The molecule has 1 fully saturated rings. The highest BCUT2D eigenvalue weighted by Gasteiger charge is 2.38. The maximum absolute atomic E-state index is 12.9. The Bertz CT molecular complexity index is 3670. The first-order chi connectivity index (χ1) is 39.6. The predicted octanol–water partition coefficient (Wildman–Crippen LogP) is 10.1. The number of aromatic amines is 1. The lowest BCUT2D eigenvalue weighted by Gasteiger charge is -2.18. The molecule has 6 heterocycles. The van der Waals surface area contributed by atoms with E-state index in [1.807, 2.05) is 20.0 Å². The number of Topliss-reactive ketones (excluding diaryl/α,β-unsaturated/α-hetero) is 2. The number of ether oxygens (including phenoxy) is 1. The molecule has 0 aliphatic carbocycles. The molecular formula is C58H53Br2F4N11O8. The number of ketones is 3. The van der Waals surface area contributed by atoms with E-state index in [1.165, 1.54) is 89.8 Å². The summed E-state index contributed by atoms with van der Waals surface area (Å²) in [6.07, 6.45) is 16.9. The number of methoxy groups -OCH3 is 1. The molecule has 0 bridgehead atoms. The summed E-state index contributed by atoms with van der Waals surface area (Å²) in [6, 6.07) is 24.4. The highest BCUT2D eigenvalue weighted by atomic mass is 79.9. The quantitative estimate of drug-likeness (QED) is 0.0230. The Labute approximate surface area is 489 Å². The number of halogens is 6. The summed E-state index contributed by atoms with van der Waals surface area (Å²) < 4.78 is 63.7. The number of esters is 1. The van der Waals surface area contributed by atoms with E-state index in [1.54, 1.807) is 93.6 Å². The number of benzene rings is 4. The number of carbonyl (C=O) groups excluding carboxylic acids is 5. The van der Waals surface area contributed by atoms with Gasteiger partial charge in [0.15, 0.2) is 5.78 Å². The number of rotatable bonds is 14. The van der Waals surface area contributed by atoms with Crippen LogP contribution in [0, 0.1) is 23.3 Å². The molecule has 25 heteroatoms. The van der Waals surface area contributed by atoms with Crippen LogP contribution in [0.4, 0.5) is 17.6 Å². The van der Waals surface area contributed by atoms with Gasteiger partial charge in [0.1, 0.15) is 34.8 Å². The largest absolute Gasteiger partial charge is 0.507 e. The summed E-state index contributed by atoms with van der Waals surface area (Å²) in [7, 11) is 1.08. The SMILES string of the molecule is Brc1cn[nH]c1.CC(=O)c1cnn(Cc2ccc(F)cc2)c1.CC(C)N1CC(=C(O)c2cnn(Cc3ccc(F)cc3)c2)C(=O)C1=O.COC(=O)C(=O)C=C(O)c1cnn(Cc2ccc(F)cc2)c1.Fc1ccc(Cn2cc(Br)cn2)cc1. The highest BCUT2D eigenvalue weighted by molar-refractivity contribution is 9.10. The smallest absolute Gasteiger partial charge is 0.378 e. The Morgan fingerprint density at radius 2 is 1.00 bits per heavy atom. The molecule has 1 saturated heterocycles. The average molecular weight is 1270 g/mol. The van der Waals surface area contributed by atoms with E-state index < -0.39 is 23.4 Å². The van der Waals surface area contributed by atoms with Crippen molar-refractivity contribution in [3.63, 3.8) is 0 Å². The molecule has 19 nitrogen and oxygen atoms in total. The Balaban J connectivity index is 0.000000175. The highest BCUT2D eigenvalue weighted by Crippen LogP contribution is 2.24. The molecule has 1 amide bonds. The van der Waals surface area contributed by atoms with Gasteiger partial charge in [0.2, 0.25) is 0 Å². The van der Waals surface area contributed by atoms with Crippen molar-refractivity contribution in [3.8, 4) is 0 Å². The molecule has 3 N–H and O–H groups in total. The lowest BCUT2D eigenvalue weighted by molar-refractivity contribution is -0.149. The molecule has 0 spiro atoms. The minimum atomic E-state index is -1.06. The normalized spacial score (nSPS) is 12.5. The van der Waals surface area contributed by atoms with Gasteiger partial charge in [-0.25, -0.2) is 22.4 Å². The van der Waals surface area contributed by atoms with E-state index in [4.69, 9.17) is 0 Å². The van der Waals surface area contributed by atoms with Crippen molar-refractivity contribution < 1.29 is 56.5 Å². The van der Waals surface area contributed by atoms with Crippen LogP contribution < -0.4 is 0 Å². The third kappa shape index (κ3) is 19.7. The average Bonchev–Trinajstić information content (AvgIpc) is 4.57. The third-order valence-electron chi connectivity index (χ3n) is 11.6. The van der Waals surface area contributed by atoms with Crippen LogP contribution in [0.1, 0.15) is 64.5 Å². The third-order valence-corrected chi connectivity index (χ3v) is 12.4. The number of aromatic nitrogens is 10. The van der Waals surface area contributed by atoms with E-state index in [0.29, 0.717) is 37.3 Å². The molecule has 0 unspecified atom stereocenters. The van der Waals surface area contributed by atoms with Gasteiger partial charge in [0.25, 0.3) is 17.5 Å². The van der Waals surface area contributed by atoms with Crippen LogP contribution in [0.25, 0.3) is 11.5 Å². The second-order valence-electron chi connectivity index (χ2n) is 18.2. The molecule has 1 aliphatic heterocycles. The van der Waals surface area contributed by atoms with Crippen LogP contribution in [0.15, 0.2) is 180 Å². The summed E-state index contributed by atoms with van der Waals surface area (Å²) in [5.41, 5.74) is 4.96. The van der Waals surface area contributed by atoms with Gasteiger partial charge in [-0.2, -0.15) is 25.5 Å². The Morgan fingerprint density at radius 3 is 1.34 bits per heavy atom. The summed E-state index contributed by atoms with van der Waals surface area (Å²) in [4.78, 5) is 58.8. The number of amides is 1. The van der Waals surface area contributed by atoms with Gasteiger partial charge in [-0.1, -0.05) is 48.5 Å². The minimum Gasteiger partial charge on any atom is -0.507 e. The van der Waals surface area contributed by atoms with Crippen molar-refractivity contribution >= 4 is 72.6 Å². The molecule has 9 aromatic rings. The molecule has 10 rings (SSSR count). The molecule has 4 aromatic carbocycles. The molecular weight excluding hydrogens is 1210 g/mol. The summed E-state index contributed by atoms with van der Waals surface area (Å²) in [5, 5.41) is 42.8. The molecule has 5 aromatic heterocycles. The van der Waals surface area contributed by atoms with Gasteiger partial charge in [-0.15, -0.1) is 0 Å².